The number of pyridine rings is 2. The summed E-state index contributed by atoms with van der Waals surface area (Å²) in [7, 11) is 0. The monoisotopic (exact) mass is 951 g/mol. The van der Waals surface area contributed by atoms with Crippen molar-refractivity contribution in [2.75, 3.05) is 0 Å². The summed E-state index contributed by atoms with van der Waals surface area (Å²) in [6.07, 6.45) is -2.32. The Hall–Kier alpha value is -4.70. The van der Waals surface area contributed by atoms with Gasteiger partial charge in [-0.2, -0.15) is 26.3 Å². The van der Waals surface area contributed by atoms with E-state index in [0.29, 0.717) is 40.6 Å². The SMILES string of the molecule is CC(C)c1cccc(C(C)C)c1-c1ccnc(-c2[c-]nc(C(F)(F)F)nc2)c1.CC(C)c1cccc(C(C)C)c1-c1ccnc(-c2cc(C(F)(F)F)n[n-]2)c1.[Pt+2]. The molecule has 0 atom stereocenters. The molecule has 4 aromatic heterocycles. The normalized spacial score (nSPS) is 11.9. The summed E-state index contributed by atoms with van der Waals surface area (Å²) < 4.78 is 76.5. The summed E-state index contributed by atoms with van der Waals surface area (Å²) in [4.78, 5) is 15.2. The molecule has 0 saturated carbocycles. The number of benzene rings is 2. The quantitative estimate of drug-likeness (QED) is 0.112. The third-order valence-electron chi connectivity index (χ3n) is 9.06. The van der Waals surface area contributed by atoms with Crippen LogP contribution < -0.4 is 5.10 Å². The Bertz CT molecular complexity index is 2170. The van der Waals surface area contributed by atoms with Crippen LogP contribution in [0.2, 0.25) is 0 Å². The molecule has 0 amide bonds. The Morgan fingerprint density at radius 2 is 1.02 bits per heavy atom. The zero-order valence-corrected chi connectivity index (χ0v) is 34.4. The molecule has 0 spiro atoms. The summed E-state index contributed by atoms with van der Waals surface area (Å²) in [5.41, 5.74) is 9.28. The van der Waals surface area contributed by atoms with Crippen molar-refractivity contribution in [3.8, 4) is 44.9 Å². The van der Waals surface area contributed by atoms with E-state index in [1.54, 1.807) is 18.5 Å². The van der Waals surface area contributed by atoms with E-state index in [0.717, 1.165) is 34.5 Å². The number of nitrogens with zero attached hydrogens (tertiary/aromatic N) is 6. The van der Waals surface area contributed by atoms with Crippen molar-refractivity contribution < 1.29 is 47.4 Å². The molecule has 56 heavy (non-hydrogen) atoms. The summed E-state index contributed by atoms with van der Waals surface area (Å²) in [5, 5.41) is 6.91. The predicted molar refractivity (Wildman–Crippen MR) is 202 cm³/mol. The fourth-order valence-corrected chi connectivity index (χ4v) is 6.34. The third kappa shape index (κ3) is 10.2. The Labute approximate surface area is 337 Å². The fourth-order valence-electron chi connectivity index (χ4n) is 6.34. The minimum absolute atomic E-state index is 0. The van der Waals surface area contributed by atoms with E-state index in [9.17, 15) is 26.3 Å². The van der Waals surface area contributed by atoms with Crippen molar-refractivity contribution in [2.45, 2.75) is 91.4 Å². The molecule has 0 radical (unpaired) electrons. The number of aromatic nitrogens is 6. The molecule has 4 heterocycles. The van der Waals surface area contributed by atoms with E-state index in [1.165, 1.54) is 22.3 Å². The van der Waals surface area contributed by atoms with E-state index >= 15 is 0 Å². The van der Waals surface area contributed by atoms with Crippen molar-refractivity contribution >= 4 is 0 Å². The molecule has 0 unspecified atom stereocenters. The van der Waals surface area contributed by atoms with Gasteiger partial charge < -0.3 is 25.1 Å². The van der Waals surface area contributed by atoms with Crippen LogP contribution in [-0.2, 0) is 33.4 Å². The van der Waals surface area contributed by atoms with Gasteiger partial charge in [0.2, 0.25) is 0 Å². The zero-order chi connectivity index (χ0) is 40.2. The second-order valence-corrected chi connectivity index (χ2v) is 14.4. The van der Waals surface area contributed by atoms with Gasteiger partial charge in [-0.05, 0) is 104 Å². The van der Waals surface area contributed by atoms with Crippen molar-refractivity contribution in [1.29, 1.82) is 0 Å². The van der Waals surface area contributed by atoms with Crippen LogP contribution in [0.4, 0.5) is 26.3 Å². The molecule has 0 aliphatic carbocycles. The second-order valence-electron chi connectivity index (χ2n) is 14.4. The van der Waals surface area contributed by atoms with Gasteiger partial charge in [0, 0.05) is 18.1 Å². The maximum atomic E-state index is 12.8. The zero-order valence-electron chi connectivity index (χ0n) is 32.2. The molecule has 6 nitrogen and oxygen atoms in total. The van der Waals surface area contributed by atoms with Gasteiger partial charge in [-0.3, -0.25) is 4.98 Å². The average molecular weight is 952 g/mol. The third-order valence-corrected chi connectivity index (χ3v) is 9.06. The van der Waals surface area contributed by atoms with Crippen LogP contribution in [0.5, 0.6) is 0 Å². The Morgan fingerprint density at radius 3 is 1.39 bits per heavy atom. The number of alkyl halides is 6. The molecule has 13 heteroatoms. The number of halogens is 6. The maximum absolute atomic E-state index is 12.8. The van der Waals surface area contributed by atoms with Crippen LogP contribution in [-0.4, -0.2) is 25.0 Å². The van der Waals surface area contributed by atoms with Gasteiger partial charge in [-0.15, -0.1) is 0 Å². The van der Waals surface area contributed by atoms with Crippen LogP contribution in [0.1, 0.15) is 113 Å². The van der Waals surface area contributed by atoms with Crippen LogP contribution in [0.25, 0.3) is 44.9 Å². The molecule has 296 valence electrons. The van der Waals surface area contributed by atoms with Crippen LogP contribution in [0, 0.1) is 6.20 Å². The van der Waals surface area contributed by atoms with Crippen molar-refractivity contribution in [3.63, 3.8) is 0 Å². The van der Waals surface area contributed by atoms with E-state index in [1.807, 2.05) is 18.2 Å². The smallest absolute Gasteiger partial charge is 0.573 e. The number of hydrogen-bond donors (Lipinski definition) is 0. The summed E-state index contributed by atoms with van der Waals surface area (Å²) in [6.45, 7) is 17.1. The molecule has 0 aliphatic heterocycles. The van der Waals surface area contributed by atoms with Crippen molar-refractivity contribution in [1.82, 2.24) is 30.1 Å². The van der Waals surface area contributed by atoms with Gasteiger partial charge in [-0.25, -0.2) is 0 Å². The minimum Gasteiger partial charge on any atom is -0.573 e. The molecule has 0 aliphatic rings. The molecule has 2 aromatic carbocycles. The number of rotatable bonds is 8. The van der Waals surface area contributed by atoms with E-state index < -0.39 is 23.9 Å². The summed E-state index contributed by atoms with van der Waals surface area (Å²) in [5.74, 6) is 0.0638. The average Bonchev–Trinajstić information content (AvgIpc) is 3.66. The maximum Gasteiger partial charge on any atom is 2.00 e. The molecule has 0 fully saturated rings. The summed E-state index contributed by atoms with van der Waals surface area (Å²) in [6, 6.07) is 20.9. The van der Waals surface area contributed by atoms with Gasteiger partial charge in [0.05, 0.1) is 0 Å². The molecule has 0 N–H and O–H groups in total. The topological polar surface area (TPSA) is 78.6 Å². The van der Waals surface area contributed by atoms with Crippen LogP contribution >= 0.6 is 0 Å². The Kier molecular flexibility index (Phi) is 14.2. The molecule has 0 bridgehead atoms. The van der Waals surface area contributed by atoms with E-state index in [4.69, 9.17) is 0 Å². The van der Waals surface area contributed by atoms with Gasteiger partial charge in [-0.1, -0.05) is 115 Å². The van der Waals surface area contributed by atoms with E-state index in [-0.39, 0.29) is 26.8 Å². The van der Waals surface area contributed by atoms with Crippen molar-refractivity contribution in [2.24, 2.45) is 0 Å². The standard InChI is InChI=1S/C22H21F3N3.C21H21F3N3.Pt/c1-13(2)17-6-5-7-18(14(3)4)20(17)15-8-9-26-19(10-15)16-11-27-21(28-12-16)22(23,24)25;1-12(2)15-6-5-7-16(13(3)4)20(15)14-8-9-25-17(10-14)18-11-19(27-26-18)21(22,23)24;/h5-11,13-14H,1-4H3;5-13H,1-4H3;/q2*-1;+2. The molecular weight excluding hydrogens is 910 g/mol. The molecule has 6 aromatic rings. The largest absolute Gasteiger partial charge is 2.00 e. The predicted octanol–water partition coefficient (Wildman–Crippen LogP) is 12.3. The van der Waals surface area contributed by atoms with Gasteiger partial charge in [0.25, 0.3) is 0 Å². The Morgan fingerprint density at radius 1 is 0.571 bits per heavy atom. The Balaban J connectivity index is 0.000000244. The van der Waals surface area contributed by atoms with Gasteiger partial charge in [0.1, 0.15) is 11.5 Å². The first-order valence-corrected chi connectivity index (χ1v) is 18.0. The van der Waals surface area contributed by atoms with Crippen LogP contribution in [0.3, 0.4) is 0 Å². The first-order valence-electron chi connectivity index (χ1n) is 18.0. The molecule has 0 saturated heterocycles. The number of hydrogen-bond acceptors (Lipinski definition) is 5. The molecule has 6 rings (SSSR count). The molecular formula is C43H42F6N6Pt. The van der Waals surface area contributed by atoms with E-state index in [2.05, 4.69) is 128 Å². The van der Waals surface area contributed by atoms with Crippen LogP contribution in [0.15, 0.2) is 85.3 Å². The first kappa shape index (κ1) is 44.0. The fraction of sp³-hybridized carbons (Fsp3) is 0.326. The van der Waals surface area contributed by atoms with Gasteiger partial charge >= 0.3 is 33.4 Å². The summed E-state index contributed by atoms with van der Waals surface area (Å²) >= 11 is 0. The first-order chi connectivity index (χ1) is 25.9. The van der Waals surface area contributed by atoms with Crippen molar-refractivity contribution in [3.05, 3.63) is 125 Å². The van der Waals surface area contributed by atoms with Gasteiger partial charge in [0.15, 0.2) is 0 Å². The second kappa shape index (κ2) is 18.0. The minimum atomic E-state index is -4.59.